The molecule has 24 heteroatoms. The number of nitrogen functional groups attached to an aromatic ring is 1. The van der Waals surface area contributed by atoms with Crippen molar-refractivity contribution >= 4 is 60.6 Å². The van der Waals surface area contributed by atoms with Crippen molar-refractivity contribution in [3.05, 3.63) is 90.2 Å². The van der Waals surface area contributed by atoms with Gasteiger partial charge in [-0.25, -0.2) is 37.7 Å². The van der Waals surface area contributed by atoms with Crippen molar-refractivity contribution < 1.29 is 69.5 Å². The fraction of sp³-hybridized carbons (Fsp3) is 0.371. The van der Waals surface area contributed by atoms with Gasteiger partial charge in [0.25, 0.3) is 0 Å². The minimum atomic E-state index is -5.25. The second-order valence-corrected chi connectivity index (χ2v) is 19.1. The molecule has 0 radical (unpaired) electrons. The first-order valence-electron chi connectivity index (χ1n) is 17.8. The number of hydrogen-bond donors (Lipinski definition) is 2. The van der Waals surface area contributed by atoms with Crippen molar-refractivity contribution in [2.45, 2.75) is 68.3 Å². The molecule has 8 rings (SSSR count). The van der Waals surface area contributed by atoms with Crippen LogP contribution in [0.2, 0.25) is 0 Å². The number of benzene rings is 2. The summed E-state index contributed by atoms with van der Waals surface area (Å²) in [5.74, 6) is -1.84. The number of aryl methyl sites for hydroxylation is 1. The van der Waals surface area contributed by atoms with E-state index in [1.165, 1.54) is 23.0 Å². The molecule has 1 unspecified atom stereocenters. The third-order valence-electron chi connectivity index (χ3n) is 9.62. The molecule has 19 nitrogen and oxygen atoms in total. The van der Waals surface area contributed by atoms with E-state index >= 15 is 8.78 Å². The van der Waals surface area contributed by atoms with E-state index in [1.54, 1.807) is 36.4 Å². The van der Waals surface area contributed by atoms with E-state index in [2.05, 4.69) is 15.0 Å². The smallest absolute Gasteiger partial charge is 0.423 e. The van der Waals surface area contributed by atoms with Gasteiger partial charge in [-0.3, -0.25) is 37.2 Å². The molecule has 312 valence electrons. The van der Waals surface area contributed by atoms with Crippen molar-refractivity contribution in [1.82, 2.24) is 24.4 Å². The molecule has 59 heavy (non-hydrogen) atoms. The number of hydrogen-bond acceptors (Lipinski definition) is 17. The fourth-order valence-electron chi connectivity index (χ4n) is 6.60. The molecule has 6 heterocycles. The molecule has 2 aromatic carbocycles. The van der Waals surface area contributed by atoms with E-state index in [-0.39, 0.29) is 28.5 Å². The maximum absolute atomic E-state index is 16.5. The summed E-state index contributed by atoms with van der Waals surface area (Å²) in [5, 5.41) is 0. The average Bonchev–Trinajstić information content (AvgIpc) is 3.86. The van der Waals surface area contributed by atoms with E-state index in [0.717, 1.165) is 29.1 Å². The number of aromatic nitrogens is 4. The predicted molar refractivity (Wildman–Crippen MR) is 201 cm³/mol. The highest BCUT2D eigenvalue weighted by Gasteiger charge is 2.56. The maximum Gasteiger partial charge on any atom is 0.472 e. The van der Waals surface area contributed by atoms with E-state index in [0.29, 0.717) is 22.5 Å². The van der Waals surface area contributed by atoms with E-state index < -0.39 is 101 Å². The Morgan fingerprint density at radius 2 is 1.68 bits per heavy atom. The number of imidazole rings is 1. The number of anilines is 1. The molecule has 4 aliphatic heterocycles. The molecule has 1 amide bonds. The predicted octanol–water partition coefficient (Wildman–Crippen LogP) is 4.51. The highest BCUT2D eigenvalue weighted by molar-refractivity contribution is 8.54. The van der Waals surface area contributed by atoms with E-state index in [4.69, 9.17) is 38.0 Å². The first-order chi connectivity index (χ1) is 28.2. The molecule has 0 spiro atoms. The molecule has 4 aliphatic rings. The molecule has 3 N–H and O–H groups in total. The van der Waals surface area contributed by atoms with Crippen LogP contribution in [0.3, 0.4) is 0 Å². The van der Waals surface area contributed by atoms with Gasteiger partial charge in [0.2, 0.25) is 5.91 Å². The monoisotopic (exact) mass is 878 g/mol. The van der Waals surface area contributed by atoms with Crippen LogP contribution >= 0.6 is 26.0 Å². The molecule has 2 bridgehead atoms. The van der Waals surface area contributed by atoms with Crippen molar-refractivity contribution in [3.8, 4) is 5.75 Å². The van der Waals surface area contributed by atoms with Crippen LogP contribution in [0.15, 0.2) is 73.5 Å². The number of phosphoric acid groups is 1. The lowest BCUT2D eigenvalue weighted by Crippen LogP contribution is -2.44. The van der Waals surface area contributed by atoms with Gasteiger partial charge < -0.3 is 24.8 Å². The molecule has 3 fully saturated rings. The number of phosphoric ester groups is 1. The van der Waals surface area contributed by atoms with Crippen molar-refractivity contribution in [3.63, 3.8) is 0 Å². The Bertz CT molecular complexity index is 2390. The normalized spacial score (nSPS) is 32.6. The first-order valence-corrected chi connectivity index (χ1v) is 22.5. The third-order valence-corrected chi connectivity index (χ3v) is 14.3. The van der Waals surface area contributed by atoms with Gasteiger partial charge >= 0.3 is 20.6 Å². The summed E-state index contributed by atoms with van der Waals surface area (Å²) >= 11 is 0.608. The lowest BCUT2D eigenvalue weighted by Gasteiger charge is -2.28. The van der Waals surface area contributed by atoms with Gasteiger partial charge in [0, 0.05) is 12.0 Å². The number of carbonyl (C=O) groups is 3. The Hall–Kier alpha value is -4.47. The van der Waals surface area contributed by atoms with Gasteiger partial charge in [0.1, 0.15) is 42.0 Å². The summed E-state index contributed by atoms with van der Waals surface area (Å²) in [5.41, 5.74) is 8.01. The van der Waals surface area contributed by atoms with Gasteiger partial charge in [-0.05, 0) is 54.2 Å². The minimum Gasteiger partial charge on any atom is -0.423 e. The Morgan fingerprint density at radius 1 is 0.949 bits per heavy atom. The number of fused-ring (bicyclic) bond motifs is 4. The quantitative estimate of drug-likeness (QED) is 0.112. The number of allylic oxidation sites excluding steroid dienone is 1. The van der Waals surface area contributed by atoms with Gasteiger partial charge in [-0.1, -0.05) is 29.8 Å². The van der Waals surface area contributed by atoms with Gasteiger partial charge in [-0.2, -0.15) is 0 Å². The summed E-state index contributed by atoms with van der Waals surface area (Å²) in [4.78, 5) is 60.9. The topological polar surface area (TPSA) is 243 Å². The van der Waals surface area contributed by atoms with Crippen LogP contribution in [0.25, 0.3) is 11.2 Å². The standard InChI is InChI=1S/C35H34F2N6O13P2S/c1-18-2-6-20(7-3-18)35(46)52-22-8-4-19(5-9-22)15-59-58(49)51-14-24-29(27(37)33(54-24)42-11-10-21(44)12-25(42)45)55-57(47,48)50-13-23-26(36)30(56-58)34(53-23)43-17-41-28-31(38)39-16-40-32(28)43/h2-11,16-17,23-24,26-27,29-30,33-34H,12-15H2,1H3,(H,47,48)(H2,38,39,40)/t23-,24-,26-,27-,29-,30-,33-,34-,58-/m1/s1. The van der Waals surface area contributed by atoms with Crippen molar-refractivity contribution in [2.75, 3.05) is 18.9 Å². The number of nitrogens with two attached hydrogens (primary N) is 1. The Morgan fingerprint density at radius 3 is 2.42 bits per heavy atom. The van der Waals surface area contributed by atoms with Crippen molar-refractivity contribution in [1.29, 1.82) is 0 Å². The maximum atomic E-state index is 16.5. The number of rotatable bonds is 7. The zero-order valence-electron chi connectivity index (χ0n) is 30.6. The number of alkyl halides is 2. The number of ketones is 1. The molecule has 0 saturated carbocycles. The molecule has 10 atom stereocenters. The highest BCUT2D eigenvalue weighted by Crippen LogP contribution is 2.65. The third kappa shape index (κ3) is 8.74. The Labute approximate surface area is 337 Å². The number of amides is 1. The van der Waals surface area contributed by atoms with Gasteiger partial charge in [-0.15, -0.1) is 0 Å². The second kappa shape index (κ2) is 16.5. The van der Waals surface area contributed by atoms with Crippen LogP contribution in [0.5, 0.6) is 5.75 Å². The largest absolute Gasteiger partial charge is 0.472 e. The SMILES string of the molecule is Cc1ccc(C(=O)Oc2ccc(CS[P@]3(=O)OC[C@H]4O[C@@H](N5C=CC(=O)CC5=O)[C@H](F)[C@@H]4OP(=O)(O)OC[C@H]4O[C@@H](n5cnc6c(N)ncnc65)[C@H](O3)[C@@H]4F)cc2)cc1. The molecule has 2 aromatic heterocycles. The zero-order valence-corrected chi connectivity index (χ0v) is 33.2. The second-order valence-electron chi connectivity index (χ2n) is 13.7. The summed E-state index contributed by atoms with van der Waals surface area (Å²) in [6, 6.07) is 13.0. The fourth-order valence-corrected chi connectivity index (χ4v) is 10.9. The molecular formula is C35H34F2N6O13P2S. The molecule has 0 aliphatic carbocycles. The number of esters is 1. The summed E-state index contributed by atoms with van der Waals surface area (Å²) in [6.45, 7) is -4.54. The number of nitrogens with zero attached hydrogens (tertiary/aromatic N) is 5. The Balaban J connectivity index is 1.09. The lowest BCUT2D eigenvalue weighted by atomic mass is 10.1. The summed E-state index contributed by atoms with van der Waals surface area (Å²) in [7, 11) is -5.25. The number of halogens is 2. The van der Waals surface area contributed by atoms with Crippen LogP contribution < -0.4 is 10.5 Å². The minimum absolute atomic E-state index is 0.00849. The average molecular weight is 879 g/mol. The van der Waals surface area contributed by atoms with Crippen LogP contribution in [-0.2, 0) is 52.0 Å². The number of ether oxygens (including phenoxy) is 3. The van der Waals surface area contributed by atoms with Crippen LogP contribution in [0.4, 0.5) is 14.6 Å². The number of carbonyl (C=O) groups excluding carboxylic acids is 3. The molecule has 3 saturated heterocycles. The summed E-state index contributed by atoms with van der Waals surface area (Å²) < 4.78 is 101. The summed E-state index contributed by atoms with van der Waals surface area (Å²) in [6.07, 6.45) is -11.1. The first kappa shape index (κ1) is 41.3. The molecule has 4 aromatic rings. The highest BCUT2D eigenvalue weighted by atomic mass is 32.7. The van der Waals surface area contributed by atoms with Crippen LogP contribution in [-0.4, -0.2) is 103 Å². The molecular weight excluding hydrogens is 844 g/mol. The van der Waals surface area contributed by atoms with Gasteiger partial charge in [0.05, 0.1) is 31.5 Å². The van der Waals surface area contributed by atoms with Gasteiger partial charge in [0.15, 0.2) is 42.0 Å². The Kier molecular flexibility index (Phi) is 11.6. The lowest BCUT2D eigenvalue weighted by molar-refractivity contribution is -0.146. The van der Waals surface area contributed by atoms with Crippen LogP contribution in [0.1, 0.15) is 34.1 Å². The van der Waals surface area contributed by atoms with Crippen molar-refractivity contribution in [2.24, 2.45) is 0 Å². The van der Waals surface area contributed by atoms with E-state index in [9.17, 15) is 28.4 Å². The van der Waals surface area contributed by atoms with E-state index in [1.807, 2.05) is 6.92 Å². The van der Waals surface area contributed by atoms with Crippen LogP contribution in [0, 0.1) is 6.92 Å². The zero-order chi connectivity index (χ0) is 41.6.